The fourth-order valence-corrected chi connectivity index (χ4v) is 2.33. The molecule has 0 saturated carbocycles. The molecule has 1 amide bonds. The summed E-state index contributed by atoms with van der Waals surface area (Å²) in [4.78, 5) is 36.8. The van der Waals surface area contributed by atoms with E-state index in [0.29, 0.717) is 13.1 Å². The molecule has 106 valence electrons. The zero-order chi connectivity index (χ0) is 14.7. The van der Waals surface area contributed by atoms with Crippen LogP contribution in [-0.2, 0) is 20.9 Å². The first kappa shape index (κ1) is 14.2. The van der Waals surface area contributed by atoms with E-state index in [2.05, 4.69) is 0 Å². The molecule has 20 heavy (non-hydrogen) atoms. The van der Waals surface area contributed by atoms with Crippen molar-refractivity contribution in [2.45, 2.75) is 19.9 Å². The van der Waals surface area contributed by atoms with Gasteiger partial charge >= 0.3 is 0 Å². The van der Waals surface area contributed by atoms with Crippen molar-refractivity contribution in [2.24, 2.45) is 5.92 Å². The summed E-state index contributed by atoms with van der Waals surface area (Å²) < 4.78 is 5.07. The van der Waals surface area contributed by atoms with Crippen LogP contribution in [0.3, 0.4) is 0 Å². The number of hydrogen-bond donors (Lipinski definition) is 0. The molecule has 2 rings (SSSR count). The van der Waals surface area contributed by atoms with Crippen molar-refractivity contribution in [1.29, 1.82) is 0 Å². The summed E-state index contributed by atoms with van der Waals surface area (Å²) in [5, 5.41) is 0. The number of ketones is 2. The normalized spacial score (nSPS) is 19.1. The average molecular weight is 275 g/mol. The van der Waals surface area contributed by atoms with Crippen molar-refractivity contribution in [3.63, 3.8) is 0 Å². The minimum Gasteiger partial charge on any atom is -0.497 e. The summed E-state index contributed by atoms with van der Waals surface area (Å²) in [5.41, 5.74) is 0.941. The molecule has 1 heterocycles. The molecule has 1 aromatic rings. The number of amides is 1. The molecule has 0 spiro atoms. The van der Waals surface area contributed by atoms with Gasteiger partial charge in [0, 0.05) is 19.5 Å². The molecule has 1 aliphatic heterocycles. The van der Waals surface area contributed by atoms with Crippen LogP contribution in [0, 0.1) is 5.92 Å². The molecule has 1 atom stereocenters. The third kappa shape index (κ3) is 2.87. The van der Waals surface area contributed by atoms with Gasteiger partial charge in [0.1, 0.15) is 11.5 Å². The Hall–Kier alpha value is -2.17. The first-order valence-electron chi connectivity index (χ1n) is 6.48. The molecule has 0 N–H and O–H groups in total. The fourth-order valence-electron chi connectivity index (χ4n) is 2.33. The highest BCUT2D eigenvalue weighted by molar-refractivity contribution is 6.19. The van der Waals surface area contributed by atoms with Crippen LogP contribution in [0.1, 0.15) is 18.9 Å². The second-order valence-electron chi connectivity index (χ2n) is 4.87. The maximum absolute atomic E-state index is 12.2. The topological polar surface area (TPSA) is 63.7 Å². The Morgan fingerprint density at radius 1 is 1.30 bits per heavy atom. The second kappa shape index (κ2) is 5.86. The lowest BCUT2D eigenvalue weighted by Crippen LogP contribution is -2.48. The number of nitrogens with zero attached hydrogens (tertiary/aromatic N) is 1. The van der Waals surface area contributed by atoms with E-state index in [1.807, 2.05) is 24.3 Å². The lowest BCUT2D eigenvalue weighted by atomic mass is 9.92. The number of hydrogen-bond acceptors (Lipinski definition) is 4. The molecular formula is C15H17NO4. The Bertz CT molecular complexity index is 535. The zero-order valence-electron chi connectivity index (χ0n) is 11.6. The predicted octanol–water partition coefficient (Wildman–Crippen LogP) is 1.20. The van der Waals surface area contributed by atoms with Gasteiger partial charge in [0.05, 0.1) is 7.11 Å². The lowest BCUT2D eigenvalue weighted by molar-refractivity contribution is -0.150. The maximum Gasteiger partial charge on any atom is 0.241 e. The number of likely N-dealkylation sites (tertiary alicyclic amines) is 1. The van der Waals surface area contributed by atoms with Gasteiger partial charge in [-0.1, -0.05) is 12.1 Å². The summed E-state index contributed by atoms with van der Waals surface area (Å²) in [6.07, 6.45) is 0.242. The molecule has 1 saturated heterocycles. The number of carbonyl (C=O) groups is 3. The van der Waals surface area contributed by atoms with Gasteiger partial charge in [-0.15, -0.1) is 0 Å². The van der Waals surface area contributed by atoms with E-state index in [4.69, 9.17) is 4.74 Å². The first-order chi connectivity index (χ1) is 9.52. The standard InChI is InChI=1S/C15H17NO4/c1-10(17)14-13(18)7-8-16(15(14)19)9-11-3-5-12(20-2)6-4-11/h3-6,14H,7-9H2,1-2H3/t14-/m0/s1. The number of ether oxygens (including phenoxy) is 1. The Labute approximate surface area is 117 Å². The summed E-state index contributed by atoms with van der Waals surface area (Å²) in [5.74, 6) is -1.39. The van der Waals surface area contributed by atoms with Crippen LogP contribution in [0.4, 0.5) is 0 Å². The number of benzene rings is 1. The van der Waals surface area contributed by atoms with Crippen molar-refractivity contribution in [3.05, 3.63) is 29.8 Å². The number of methoxy groups -OCH3 is 1. The molecule has 0 unspecified atom stereocenters. The summed E-state index contributed by atoms with van der Waals surface area (Å²) in [6, 6.07) is 7.37. The van der Waals surface area contributed by atoms with Crippen LogP contribution in [0.25, 0.3) is 0 Å². The summed E-state index contributed by atoms with van der Waals surface area (Å²) in [6.45, 7) is 2.06. The summed E-state index contributed by atoms with van der Waals surface area (Å²) >= 11 is 0. The molecule has 0 aliphatic carbocycles. The average Bonchev–Trinajstić information content (AvgIpc) is 2.42. The minimum absolute atomic E-state index is 0.242. The van der Waals surface area contributed by atoms with Crippen LogP contribution in [-0.4, -0.2) is 36.0 Å². The third-order valence-corrected chi connectivity index (χ3v) is 3.45. The third-order valence-electron chi connectivity index (χ3n) is 3.45. The van der Waals surface area contributed by atoms with Crippen LogP contribution in [0.2, 0.25) is 0 Å². The zero-order valence-corrected chi connectivity index (χ0v) is 11.6. The Kier molecular flexibility index (Phi) is 4.17. The van der Waals surface area contributed by atoms with Crippen LogP contribution < -0.4 is 4.74 Å². The lowest BCUT2D eigenvalue weighted by Gasteiger charge is -2.30. The number of carbonyl (C=O) groups excluding carboxylic acids is 3. The molecule has 5 nitrogen and oxygen atoms in total. The van der Waals surface area contributed by atoms with Crippen molar-refractivity contribution in [3.8, 4) is 5.75 Å². The van der Waals surface area contributed by atoms with Gasteiger partial charge in [-0.3, -0.25) is 14.4 Å². The van der Waals surface area contributed by atoms with Gasteiger partial charge in [0.25, 0.3) is 0 Å². The largest absolute Gasteiger partial charge is 0.497 e. The highest BCUT2D eigenvalue weighted by atomic mass is 16.5. The van der Waals surface area contributed by atoms with E-state index in [1.165, 1.54) is 6.92 Å². The van der Waals surface area contributed by atoms with E-state index in [-0.39, 0.29) is 23.9 Å². The quantitative estimate of drug-likeness (QED) is 0.775. The van der Waals surface area contributed by atoms with Gasteiger partial charge in [-0.05, 0) is 24.6 Å². The molecule has 5 heteroatoms. The molecule has 0 bridgehead atoms. The van der Waals surface area contributed by atoms with E-state index in [9.17, 15) is 14.4 Å². The van der Waals surface area contributed by atoms with E-state index < -0.39 is 5.92 Å². The Balaban J connectivity index is 2.10. The van der Waals surface area contributed by atoms with Gasteiger partial charge in [-0.25, -0.2) is 0 Å². The molecule has 1 aromatic carbocycles. The van der Waals surface area contributed by atoms with E-state index in [1.54, 1.807) is 12.0 Å². The van der Waals surface area contributed by atoms with Crippen LogP contribution >= 0.6 is 0 Å². The molecule has 0 aromatic heterocycles. The van der Waals surface area contributed by atoms with Gasteiger partial charge in [0.15, 0.2) is 11.7 Å². The second-order valence-corrected chi connectivity index (χ2v) is 4.87. The minimum atomic E-state index is -1.11. The highest BCUT2D eigenvalue weighted by Crippen LogP contribution is 2.19. The number of rotatable bonds is 4. The Morgan fingerprint density at radius 3 is 2.50 bits per heavy atom. The van der Waals surface area contributed by atoms with Gasteiger partial charge in [0.2, 0.25) is 5.91 Å². The molecule has 0 radical (unpaired) electrons. The van der Waals surface area contributed by atoms with E-state index in [0.717, 1.165) is 11.3 Å². The van der Waals surface area contributed by atoms with Crippen molar-refractivity contribution < 1.29 is 19.1 Å². The van der Waals surface area contributed by atoms with Crippen LogP contribution in [0.5, 0.6) is 5.75 Å². The molecular weight excluding hydrogens is 258 g/mol. The predicted molar refractivity (Wildman–Crippen MR) is 72.2 cm³/mol. The maximum atomic E-state index is 12.2. The van der Waals surface area contributed by atoms with Gasteiger partial charge in [-0.2, -0.15) is 0 Å². The first-order valence-corrected chi connectivity index (χ1v) is 6.48. The summed E-state index contributed by atoms with van der Waals surface area (Å²) in [7, 11) is 1.59. The smallest absolute Gasteiger partial charge is 0.241 e. The number of piperidine rings is 1. The van der Waals surface area contributed by atoms with Crippen molar-refractivity contribution in [2.75, 3.05) is 13.7 Å². The van der Waals surface area contributed by atoms with Crippen molar-refractivity contribution >= 4 is 17.5 Å². The molecule has 1 aliphatic rings. The van der Waals surface area contributed by atoms with Crippen LogP contribution in [0.15, 0.2) is 24.3 Å². The highest BCUT2D eigenvalue weighted by Gasteiger charge is 2.38. The number of Topliss-reactive ketones (excluding diaryl/α,β-unsaturated/α-hetero) is 2. The SMILES string of the molecule is COc1ccc(CN2CCC(=O)[C@H](C(C)=O)C2=O)cc1. The van der Waals surface area contributed by atoms with Crippen molar-refractivity contribution in [1.82, 2.24) is 4.90 Å². The fraction of sp³-hybridized carbons (Fsp3) is 0.400. The monoisotopic (exact) mass is 275 g/mol. The van der Waals surface area contributed by atoms with Gasteiger partial charge < -0.3 is 9.64 Å². The van der Waals surface area contributed by atoms with E-state index >= 15 is 0 Å². The molecule has 1 fully saturated rings. The Morgan fingerprint density at radius 2 is 1.95 bits per heavy atom.